The summed E-state index contributed by atoms with van der Waals surface area (Å²) in [5.74, 6) is -0.102. The Morgan fingerprint density at radius 1 is 1.15 bits per heavy atom. The summed E-state index contributed by atoms with van der Waals surface area (Å²) in [5, 5.41) is 9.68. The number of rotatable bonds is 3. The maximum absolute atomic E-state index is 12.0. The molecule has 1 amide bonds. The summed E-state index contributed by atoms with van der Waals surface area (Å²) in [4.78, 5) is 12.7. The van der Waals surface area contributed by atoms with E-state index < -0.39 is 0 Å². The molecule has 100 valence electrons. The molecule has 0 aliphatic heterocycles. The summed E-state index contributed by atoms with van der Waals surface area (Å²) >= 11 is 4.75. The van der Waals surface area contributed by atoms with E-state index >= 15 is 0 Å². The lowest BCUT2D eigenvalue weighted by atomic mass is 10.1. The van der Waals surface area contributed by atoms with Gasteiger partial charge in [0.05, 0.1) is 14.4 Å². The summed E-state index contributed by atoms with van der Waals surface area (Å²) in [6.45, 7) is 0. The van der Waals surface area contributed by atoms with Crippen molar-refractivity contribution in [2.75, 3.05) is 5.32 Å². The predicted molar refractivity (Wildman–Crippen MR) is 84.0 cm³/mol. The number of halogens is 1. The highest BCUT2D eigenvalue weighted by Crippen LogP contribution is 2.24. The fourth-order valence-electron chi connectivity index (χ4n) is 1.78. The number of aromatic amines is 1. The van der Waals surface area contributed by atoms with E-state index in [4.69, 9.17) is 0 Å². The standard InChI is InChI=1S/C14H10BrN3OS/c15-13-6-5-12(20-13)14(19)17-10-3-1-9(2-4-10)11-7-8-16-18-11/h1-8H,(H,16,18)(H,17,19). The normalized spacial score (nSPS) is 10.4. The SMILES string of the molecule is O=C(Nc1ccc(-c2ccn[nH]2)cc1)c1ccc(Br)s1. The highest BCUT2D eigenvalue weighted by Gasteiger charge is 2.08. The largest absolute Gasteiger partial charge is 0.321 e. The maximum atomic E-state index is 12.0. The molecule has 0 bridgehead atoms. The Kier molecular flexibility index (Phi) is 3.66. The monoisotopic (exact) mass is 347 g/mol. The number of hydrogen-bond donors (Lipinski definition) is 2. The van der Waals surface area contributed by atoms with Crippen molar-refractivity contribution >= 4 is 38.9 Å². The zero-order chi connectivity index (χ0) is 13.9. The highest BCUT2D eigenvalue weighted by atomic mass is 79.9. The van der Waals surface area contributed by atoms with E-state index in [1.54, 1.807) is 12.3 Å². The van der Waals surface area contributed by atoms with Crippen LogP contribution in [0.15, 0.2) is 52.4 Å². The molecule has 0 atom stereocenters. The molecule has 0 spiro atoms. The Bertz CT molecular complexity index is 719. The minimum absolute atomic E-state index is 0.102. The third-order valence-corrected chi connectivity index (χ3v) is 4.37. The number of benzene rings is 1. The van der Waals surface area contributed by atoms with Crippen molar-refractivity contribution < 1.29 is 4.79 Å². The van der Waals surface area contributed by atoms with Crippen molar-refractivity contribution in [1.29, 1.82) is 0 Å². The molecule has 3 rings (SSSR count). The molecule has 20 heavy (non-hydrogen) atoms. The molecule has 2 N–H and O–H groups in total. The Morgan fingerprint density at radius 2 is 1.95 bits per heavy atom. The molecule has 0 aliphatic rings. The predicted octanol–water partition coefficient (Wildman–Crippen LogP) is 4.15. The van der Waals surface area contributed by atoms with Gasteiger partial charge in [0.25, 0.3) is 5.91 Å². The van der Waals surface area contributed by atoms with Gasteiger partial charge in [0.2, 0.25) is 0 Å². The second kappa shape index (κ2) is 5.60. The zero-order valence-electron chi connectivity index (χ0n) is 10.3. The van der Waals surface area contributed by atoms with Gasteiger partial charge in [-0.2, -0.15) is 5.10 Å². The first kappa shape index (κ1) is 13.1. The lowest BCUT2D eigenvalue weighted by Crippen LogP contribution is -2.09. The van der Waals surface area contributed by atoms with Gasteiger partial charge in [0.15, 0.2) is 0 Å². The van der Waals surface area contributed by atoms with Crippen LogP contribution in [0.3, 0.4) is 0 Å². The first-order valence-corrected chi connectivity index (χ1v) is 7.50. The van der Waals surface area contributed by atoms with Gasteiger partial charge in [-0.3, -0.25) is 9.89 Å². The number of carbonyl (C=O) groups is 1. The summed E-state index contributed by atoms with van der Waals surface area (Å²) in [5.41, 5.74) is 2.74. The second-order valence-electron chi connectivity index (χ2n) is 4.11. The number of H-pyrrole nitrogens is 1. The Balaban J connectivity index is 1.74. The lowest BCUT2D eigenvalue weighted by molar-refractivity contribution is 0.103. The molecule has 1 aromatic carbocycles. The molecule has 0 radical (unpaired) electrons. The number of thiophene rings is 1. The molecule has 0 unspecified atom stereocenters. The number of carbonyl (C=O) groups excluding carboxylic acids is 1. The molecule has 4 nitrogen and oxygen atoms in total. The van der Waals surface area contributed by atoms with Crippen LogP contribution in [0.2, 0.25) is 0 Å². The third kappa shape index (κ3) is 2.81. The molecule has 3 aromatic rings. The molecule has 0 saturated carbocycles. The topological polar surface area (TPSA) is 57.8 Å². The average molecular weight is 348 g/mol. The van der Waals surface area contributed by atoms with Crippen molar-refractivity contribution in [2.45, 2.75) is 0 Å². The summed E-state index contributed by atoms with van der Waals surface area (Å²) < 4.78 is 0.942. The molecular weight excluding hydrogens is 338 g/mol. The van der Waals surface area contributed by atoms with Crippen LogP contribution in [0.5, 0.6) is 0 Å². The van der Waals surface area contributed by atoms with E-state index in [-0.39, 0.29) is 5.91 Å². The minimum Gasteiger partial charge on any atom is -0.321 e. The van der Waals surface area contributed by atoms with E-state index in [0.717, 1.165) is 20.7 Å². The van der Waals surface area contributed by atoms with Crippen LogP contribution in [0.25, 0.3) is 11.3 Å². The fourth-order valence-corrected chi connectivity index (χ4v) is 3.06. The number of anilines is 1. The Hall–Kier alpha value is -1.92. The summed E-state index contributed by atoms with van der Waals surface area (Å²) in [6.07, 6.45) is 1.71. The molecule has 0 fully saturated rings. The second-order valence-corrected chi connectivity index (χ2v) is 6.57. The number of amides is 1. The van der Waals surface area contributed by atoms with Crippen LogP contribution < -0.4 is 5.32 Å². The van der Waals surface area contributed by atoms with E-state index in [1.807, 2.05) is 36.4 Å². The fraction of sp³-hybridized carbons (Fsp3) is 0. The van der Waals surface area contributed by atoms with E-state index in [1.165, 1.54) is 11.3 Å². The summed E-state index contributed by atoms with van der Waals surface area (Å²) in [7, 11) is 0. The zero-order valence-corrected chi connectivity index (χ0v) is 12.7. The minimum atomic E-state index is -0.102. The smallest absolute Gasteiger partial charge is 0.265 e. The van der Waals surface area contributed by atoms with Gasteiger partial charge in [0.1, 0.15) is 0 Å². The van der Waals surface area contributed by atoms with Crippen molar-refractivity contribution in [3.8, 4) is 11.3 Å². The first-order chi connectivity index (χ1) is 9.72. The van der Waals surface area contributed by atoms with Gasteiger partial charge < -0.3 is 5.32 Å². The van der Waals surface area contributed by atoms with Gasteiger partial charge >= 0.3 is 0 Å². The number of hydrogen-bond acceptors (Lipinski definition) is 3. The van der Waals surface area contributed by atoms with Crippen LogP contribution in [0, 0.1) is 0 Å². The van der Waals surface area contributed by atoms with Gasteiger partial charge in [-0.15, -0.1) is 11.3 Å². The maximum Gasteiger partial charge on any atom is 0.265 e. The van der Waals surface area contributed by atoms with Crippen molar-refractivity contribution in [1.82, 2.24) is 10.2 Å². The van der Waals surface area contributed by atoms with Crippen molar-refractivity contribution in [2.24, 2.45) is 0 Å². The Morgan fingerprint density at radius 3 is 2.55 bits per heavy atom. The van der Waals surface area contributed by atoms with E-state index in [9.17, 15) is 4.79 Å². The lowest BCUT2D eigenvalue weighted by Gasteiger charge is -2.04. The number of nitrogens with one attached hydrogen (secondary N) is 2. The van der Waals surface area contributed by atoms with Gasteiger partial charge in [-0.25, -0.2) is 0 Å². The Labute approximate surface area is 128 Å². The van der Waals surface area contributed by atoms with Gasteiger partial charge in [-0.05, 0) is 51.8 Å². The molecule has 6 heteroatoms. The van der Waals surface area contributed by atoms with Crippen LogP contribution in [-0.2, 0) is 0 Å². The van der Waals surface area contributed by atoms with Crippen LogP contribution in [-0.4, -0.2) is 16.1 Å². The number of aromatic nitrogens is 2. The average Bonchev–Trinajstić information content (AvgIpc) is 3.10. The molecule has 0 aliphatic carbocycles. The van der Waals surface area contributed by atoms with Gasteiger partial charge in [0, 0.05) is 11.9 Å². The van der Waals surface area contributed by atoms with Gasteiger partial charge in [-0.1, -0.05) is 12.1 Å². The third-order valence-electron chi connectivity index (χ3n) is 2.75. The van der Waals surface area contributed by atoms with Crippen molar-refractivity contribution in [3.05, 3.63) is 57.3 Å². The van der Waals surface area contributed by atoms with Crippen molar-refractivity contribution in [3.63, 3.8) is 0 Å². The first-order valence-electron chi connectivity index (χ1n) is 5.89. The van der Waals surface area contributed by atoms with Crippen LogP contribution in [0.1, 0.15) is 9.67 Å². The molecular formula is C14H10BrN3OS. The quantitative estimate of drug-likeness (QED) is 0.747. The highest BCUT2D eigenvalue weighted by molar-refractivity contribution is 9.11. The summed E-state index contributed by atoms with van der Waals surface area (Å²) in [6, 6.07) is 13.2. The number of nitrogens with zero attached hydrogens (tertiary/aromatic N) is 1. The molecule has 0 saturated heterocycles. The van der Waals surface area contributed by atoms with E-state index in [0.29, 0.717) is 4.88 Å². The van der Waals surface area contributed by atoms with Crippen LogP contribution >= 0.6 is 27.3 Å². The molecule has 2 aromatic heterocycles. The van der Waals surface area contributed by atoms with Crippen LogP contribution in [0.4, 0.5) is 5.69 Å². The molecule has 2 heterocycles. The van der Waals surface area contributed by atoms with E-state index in [2.05, 4.69) is 31.4 Å².